The molecule has 7 heteroatoms. The zero-order valence-electron chi connectivity index (χ0n) is 10.5. The maximum atomic E-state index is 12.5. The topological polar surface area (TPSA) is 36.4 Å². The molecule has 0 saturated heterocycles. The van der Waals surface area contributed by atoms with Gasteiger partial charge in [0.25, 0.3) is 0 Å². The number of aryl methyl sites for hydroxylation is 2. The van der Waals surface area contributed by atoms with E-state index < -0.39 is 12.7 Å². The fourth-order valence-electron chi connectivity index (χ4n) is 2.26. The largest absolute Gasteiger partial charge is 0.401 e. The molecule has 0 fully saturated rings. The third-order valence-corrected chi connectivity index (χ3v) is 4.18. The van der Waals surface area contributed by atoms with Crippen molar-refractivity contribution >= 4 is 11.3 Å². The third kappa shape index (κ3) is 4.43. The molecule has 0 amide bonds. The third-order valence-electron chi connectivity index (χ3n) is 3.03. The van der Waals surface area contributed by atoms with Gasteiger partial charge in [0.2, 0.25) is 0 Å². The van der Waals surface area contributed by atoms with E-state index in [0.717, 1.165) is 30.0 Å². The van der Waals surface area contributed by atoms with Gasteiger partial charge in [0, 0.05) is 18.0 Å². The monoisotopic (exact) mass is 294 g/mol. The lowest BCUT2D eigenvalue weighted by Gasteiger charge is -2.22. The second-order valence-electron chi connectivity index (χ2n) is 4.73. The summed E-state index contributed by atoms with van der Waals surface area (Å²) in [6.07, 6.45) is -0.813. The number of hydrogen-bond acceptors (Lipinski definition) is 4. The standard InChI is InChI=1S/C12H17F3N2OS/c13-12(14,15)8-17(5-2-6-18)7-11-16-9-3-1-4-10(9)19-11/h18H,1-8H2. The molecule has 1 aromatic rings. The lowest BCUT2D eigenvalue weighted by atomic mass is 10.3. The fourth-order valence-corrected chi connectivity index (χ4v) is 3.46. The first-order valence-electron chi connectivity index (χ1n) is 6.35. The van der Waals surface area contributed by atoms with E-state index in [9.17, 15) is 13.2 Å². The van der Waals surface area contributed by atoms with Gasteiger partial charge in [-0.05, 0) is 25.7 Å². The summed E-state index contributed by atoms with van der Waals surface area (Å²) < 4.78 is 37.4. The molecule has 0 saturated carbocycles. The number of nitrogens with zero attached hydrogens (tertiary/aromatic N) is 2. The van der Waals surface area contributed by atoms with E-state index in [1.807, 2.05) is 0 Å². The zero-order valence-corrected chi connectivity index (χ0v) is 11.4. The van der Waals surface area contributed by atoms with Crippen LogP contribution in [-0.4, -0.2) is 40.9 Å². The van der Waals surface area contributed by atoms with Crippen LogP contribution in [-0.2, 0) is 19.4 Å². The fraction of sp³-hybridized carbons (Fsp3) is 0.750. The molecule has 3 nitrogen and oxygen atoms in total. The van der Waals surface area contributed by atoms with E-state index in [4.69, 9.17) is 5.11 Å². The molecule has 0 aliphatic heterocycles. The van der Waals surface area contributed by atoms with Gasteiger partial charge in [0.1, 0.15) is 5.01 Å². The van der Waals surface area contributed by atoms with Crippen molar-refractivity contribution in [3.05, 3.63) is 15.6 Å². The van der Waals surface area contributed by atoms with E-state index in [1.165, 1.54) is 21.1 Å². The average molecular weight is 294 g/mol. The number of thiazole rings is 1. The first kappa shape index (κ1) is 14.7. The predicted octanol–water partition coefficient (Wildman–Crippen LogP) is 2.38. The normalized spacial score (nSPS) is 15.2. The highest BCUT2D eigenvalue weighted by Crippen LogP contribution is 2.28. The Labute approximate surface area is 114 Å². The smallest absolute Gasteiger partial charge is 0.396 e. The zero-order chi connectivity index (χ0) is 13.9. The Hall–Kier alpha value is -0.660. The van der Waals surface area contributed by atoms with E-state index in [-0.39, 0.29) is 19.7 Å². The minimum absolute atomic E-state index is 0.0945. The van der Waals surface area contributed by atoms with Crippen molar-refractivity contribution in [2.24, 2.45) is 0 Å². The molecule has 0 aromatic carbocycles. The van der Waals surface area contributed by atoms with Gasteiger partial charge in [-0.25, -0.2) is 4.98 Å². The number of halogens is 3. The van der Waals surface area contributed by atoms with Crippen LogP contribution in [0, 0.1) is 0 Å². The summed E-state index contributed by atoms with van der Waals surface area (Å²) in [5.74, 6) is 0. The Balaban J connectivity index is 1.97. The molecule has 1 aromatic heterocycles. The van der Waals surface area contributed by atoms with E-state index in [2.05, 4.69) is 4.98 Å². The second-order valence-corrected chi connectivity index (χ2v) is 5.90. The first-order chi connectivity index (χ1) is 8.98. The van der Waals surface area contributed by atoms with Crippen molar-refractivity contribution in [3.63, 3.8) is 0 Å². The maximum absolute atomic E-state index is 12.5. The highest BCUT2D eigenvalue weighted by Gasteiger charge is 2.31. The van der Waals surface area contributed by atoms with Gasteiger partial charge in [-0.1, -0.05) is 0 Å². The van der Waals surface area contributed by atoms with Crippen molar-refractivity contribution < 1.29 is 18.3 Å². The number of aliphatic hydroxyl groups excluding tert-OH is 1. The van der Waals surface area contributed by atoms with E-state index in [1.54, 1.807) is 0 Å². The lowest BCUT2D eigenvalue weighted by Crippen LogP contribution is -2.34. The van der Waals surface area contributed by atoms with Crippen molar-refractivity contribution in [2.75, 3.05) is 19.7 Å². The summed E-state index contributed by atoms with van der Waals surface area (Å²) in [5, 5.41) is 9.51. The van der Waals surface area contributed by atoms with Gasteiger partial charge in [-0.2, -0.15) is 13.2 Å². The van der Waals surface area contributed by atoms with Crippen LogP contribution >= 0.6 is 11.3 Å². The first-order valence-corrected chi connectivity index (χ1v) is 7.17. The van der Waals surface area contributed by atoms with Crippen molar-refractivity contribution in [1.82, 2.24) is 9.88 Å². The van der Waals surface area contributed by atoms with E-state index in [0.29, 0.717) is 6.42 Å². The van der Waals surface area contributed by atoms with E-state index >= 15 is 0 Å². The van der Waals surface area contributed by atoms with Crippen molar-refractivity contribution in [2.45, 2.75) is 38.4 Å². The summed E-state index contributed by atoms with van der Waals surface area (Å²) in [5.41, 5.74) is 1.06. The number of rotatable bonds is 6. The number of aliphatic hydroxyl groups is 1. The van der Waals surface area contributed by atoms with Crippen LogP contribution in [0.4, 0.5) is 13.2 Å². The van der Waals surface area contributed by atoms with Crippen molar-refractivity contribution in [3.8, 4) is 0 Å². The summed E-state index contributed by atoms with van der Waals surface area (Å²) in [6.45, 7) is -0.586. The number of alkyl halides is 3. The molecule has 1 aliphatic carbocycles. The van der Waals surface area contributed by atoms with Crippen LogP contribution in [0.3, 0.4) is 0 Å². The number of hydrogen-bond donors (Lipinski definition) is 1. The van der Waals surface area contributed by atoms with Crippen LogP contribution in [0.5, 0.6) is 0 Å². The minimum atomic E-state index is -4.21. The Morgan fingerprint density at radius 1 is 1.32 bits per heavy atom. The molecular formula is C12H17F3N2OS. The minimum Gasteiger partial charge on any atom is -0.396 e. The summed E-state index contributed by atoms with van der Waals surface area (Å²) >= 11 is 1.53. The van der Waals surface area contributed by atoms with Gasteiger partial charge in [0.15, 0.2) is 0 Å². The van der Waals surface area contributed by atoms with Crippen LogP contribution in [0.2, 0.25) is 0 Å². The van der Waals surface area contributed by atoms with Crippen LogP contribution in [0.15, 0.2) is 0 Å². The molecular weight excluding hydrogens is 277 g/mol. The SMILES string of the molecule is OCCCN(Cc1nc2c(s1)CCC2)CC(F)(F)F. The Kier molecular flexibility index (Phi) is 4.81. The maximum Gasteiger partial charge on any atom is 0.401 e. The lowest BCUT2D eigenvalue weighted by molar-refractivity contribution is -0.147. The molecule has 1 heterocycles. The Morgan fingerprint density at radius 2 is 2.11 bits per heavy atom. The molecule has 19 heavy (non-hydrogen) atoms. The highest BCUT2D eigenvalue weighted by atomic mass is 32.1. The number of aromatic nitrogens is 1. The highest BCUT2D eigenvalue weighted by molar-refractivity contribution is 7.11. The van der Waals surface area contributed by atoms with Crippen LogP contribution in [0.25, 0.3) is 0 Å². The molecule has 2 rings (SSSR count). The molecule has 108 valence electrons. The van der Waals surface area contributed by atoms with Gasteiger partial charge in [-0.3, -0.25) is 4.90 Å². The average Bonchev–Trinajstić information content (AvgIpc) is 2.84. The van der Waals surface area contributed by atoms with Gasteiger partial charge in [0.05, 0.1) is 18.8 Å². The molecule has 0 atom stereocenters. The molecule has 0 unspecified atom stereocenters. The van der Waals surface area contributed by atoms with Crippen LogP contribution in [0.1, 0.15) is 28.4 Å². The molecule has 0 bridgehead atoms. The molecule has 1 N–H and O–H groups in total. The van der Waals surface area contributed by atoms with Gasteiger partial charge < -0.3 is 5.11 Å². The molecule has 0 radical (unpaired) electrons. The summed E-state index contributed by atoms with van der Waals surface area (Å²) in [6, 6.07) is 0. The van der Waals surface area contributed by atoms with Crippen LogP contribution < -0.4 is 0 Å². The Morgan fingerprint density at radius 3 is 2.74 bits per heavy atom. The summed E-state index contributed by atoms with van der Waals surface area (Å²) in [4.78, 5) is 6.95. The Bertz CT molecular complexity index is 398. The van der Waals surface area contributed by atoms with Gasteiger partial charge in [-0.15, -0.1) is 11.3 Å². The van der Waals surface area contributed by atoms with Crippen molar-refractivity contribution in [1.29, 1.82) is 0 Å². The molecule has 1 aliphatic rings. The molecule has 0 spiro atoms. The number of fused-ring (bicyclic) bond motifs is 1. The quantitative estimate of drug-likeness (QED) is 0.875. The predicted molar refractivity (Wildman–Crippen MR) is 67.2 cm³/mol. The van der Waals surface area contributed by atoms with Gasteiger partial charge >= 0.3 is 6.18 Å². The summed E-state index contributed by atoms with van der Waals surface area (Å²) in [7, 11) is 0. The second kappa shape index (κ2) is 6.19.